The number of hydrogen-bond donors (Lipinski definition) is 0. The van der Waals surface area contributed by atoms with Crippen LogP contribution in [0.1, 0.15) is 0 Å². The quantitative estimate of drug-likeness (QED) is 0.188. The second-order valence-corrected chi connectivity index (χ2v) is 12.5. The van der Waals surface area contributed by atoms with Crippen molar-refractivity contribution in [2.24, 2.45) is 0 Å². The third-order valence-corrected chi connectivity index (χ3v) is 9.59. The topological polar surface area (TPSA) is 48.5 Å². The van der Waals surface area contributed by atoms with E-state index in [0.29, 0.717) is 5.95 Å². The molecule has 4 heterocycles. The SMILES string of the molecule is c1ccc(-c2cc(-c3ccccc3)nc(-n3c4ccccc4c4cc(-c5ccc6c(c5)c5ccccc5n6-c5ccccc5)cnc43)n2)cc1. The molecule has 4 aromatic heterocycles. The summed E-state index contributed by atoms with van der Waals surface area (Å²) in [4.78, 5) is 15.5. The first-order chi connectivity index (χ1) is 24.8. The van der Waals surface area contributed by atoms with Crippen LogP contribution in [0, 0.1) is 0 Å². The lowest BCUT2D eigenvalue weighted by Crippen LogP contribution is -2.04. The standard InChI is InChI=1S/C45H29N5/c1-4-14-30(15-5-1)39-28-40(31-16-6-2-7-17-31)48-45(47-39)50-42-23-13-11-21-36(42)38-27-33(29-46-44(38)50)32-24-25-43-37(26-32)35-20-10-12-22-41(35)49(43)34-18-8-3-9-19-34/h1-29H. The Morgan fingerprint density at radius 2 is 0.880 bits per heavy atom. The number of fused-ring (bicyclic) bond motifs is 6. The van der Waals surface area contributed by atoms with Gasteiger partial charge in [-0.1, -0.05) is 121 Å². The van der Waals surface area contributed by atoms with Gasteiger partial charge in [0.15, 0.2) is 0 Å². The van der Waals surface area contributed by atoms with Crippen LogP contribution in [0.5, 0.6) is 0 Å². The van der Waals surface area contributed by atoms with E-state index in [2.05, 4.69) is 143 Å². The highest BCUT2D eigenvalue weighted by Gasteiger charge is 2.19. The molecule has 0 saturated heterocycles. The first-order valence-electron chi connectivity index (χ1n) is 16.8. The highest BCUT2D eigenvalue weighted by Crippen LogP contribution is 2.37. The van der Waals surface area contributed by atoms with Crippen LogP contribution in [0.25, 0.3) is 89.0 Å². The fraction of sp³-hybridized carbons (Fsp3) is 0. The summed E-state index contributed by atoms with van der Waals surface area (Å²) in [5.41, 5.74) is 11.3. The van der Waals surface area contributed by atoms with Gasteiger partial charge in [0.05, 0.1) is 27.9 Å². The van der Waals surface area contributed by atoms with E-state index in [1.54, 1.807) is 0 Å². The van der Waals surface area contributed by atoms with Crippen LogP contribution in [0.3, 0.4) is 0 Å². The van der Waals surface area contributed by atoms with E-state index in [-0.39, 0.29) is 0 Å². The Morgan fingerprint density at radius 3 is 1.54 bits per heavy atom. The smallest absolute Gasteiger partial charge is 0.237 e. The zero-order chi connectivity index (χ0) is 33.0. The van der Waals surface area contributed by atoms with Crippen LogP contribution in [0.4, 0.5) is 0 Å². The van der Waals surface area contributed by atoms with Crippen molar-refractivity contribution in [3.05, 3.63) is 176 Å². The lowest BCUT2D eigenvalue weighted by molar-refractivity contribution is 0.982. The normalized spacial score (nSPS) is 11.6. The van der Waals surface area contributed by atoms with E-state index >= 15 is 0 Å². The maximum absolute atomic E-state index is 5.15. The Bertz CT molecular complexity index is 2800. The van der Waals surface area contributed by atoms with Crippen LogP contribution in [0.15, 0.2) is 176 Å². The summed E-state index contributed by atoms with van der Waals surface area (Å²) in [5, 5.41) is 4.60. The molecule has 0 fully saturated rings. The average molecular weight is 640 g/mol. The average Bonchev–Trinajstić information content (AvgIpc) is 3.71. The van der Waals surface area contributed by atoms with Gasteiger partial charge in [-0.15, -0.1) is 0 Å². The fourth-order valence-corrected chi connectivity index (χ4v) is 7.26. The van der Waals surface area contributed by atoms with E-state index in [1.807, 2.05) is 42.6 Å². The van der Waals surface area contributed by atoms with Gasteiger partial charge in [-0.2, -0.15) is 0 Å². The molecule has 6 aromatic carbocycles. The Balaban J connectivity index is 1.17. The van der Waals surface area contributed by atoms with Crippen LogP contribution < -0.4 is 0 Å². The van der Waals surface area contributed by atoms with Crippen LogP contribution in [0.2, 0.25) is 0 Å². The summed E-state index contributed by atoms with van der Waals surface area (Å²) in [6.07, 6.45) is 1.98. The molecule has 0 spiro atoms. The summed E-state index contributed by atoms with van der Waals surface area (Å²) < 4.78 is 4.45. The molecule has 0 radical (unpaired) electrons. The predicted molar refractivity (Wildman–Crippen MR) is 205 cm³/mol. The second-order valence-electron chi connectivity index (χ2n) is 12.5. The summed E-state index contributed by atoms with van der Waals surface area (Å²) in [6.45, 7) is 0. The molecular weight excluding hydrogens is 611 g/mol. The predicted octanol–water partition coefficient (Wildman–Crippen LogP) is 11.1. The van der Waals surface area contributed by atoms with Gasteiger partial charge in [0.2, 0.25) is 5.95 Å². The van der Waals surface area contributed by atoms with Crippen molar-refractivity contribution in [1.82, 2.24) is 24.1 Å². The molecule has 5 heteroatoms. The summed E-state index contributed by atoms with van der Waals surface area (Å²) in [5.74, 6) is 0.590. The molecule has 0 atom stereocenters. The van der Waals surface area contributed by atoms with Gasteiger partial charge in [-0.25, -0.2) is 15.0 Å². The molecule has 5 nitrogen and oxygen atoms in total. The lowest BCUT2D eigenvalue weighted by atomic mass is 10.0. The molecule has 50 heavy (non-hydrogen) atoms. The fourth-order valence-electron chi connectivity index (χ4n) is 7.26. The molecule has 0 N–H and O–H groups in total. The van der Waals surface area contributed by atoms with Gasteiger partial charge in [-0.3, -0.25) is 4.57 Å². The summed E-state index contributed by atoms with van der Waals surface area (Å²) in [7, 11) is 0. The molecule has 0 unspecified atom stereocenters. The Kier molecular flexibility index (Phi) is 6.42. The zero-order valence-electron chi connectivity index (χ0n) is 27.0. The third kappa shape index (κ3) is 4.52. The van der Waals surface area contributed by atoms with Crippen LogP contribution >= 0.6 is 0 Å². The minimum atomic E-state index is 0.590. The monoisotopic (exact) mass is 639 g/mol. The van der Waals surface area contributed by atoms with Gasteiger partial charge < -0.3 is 4.57 Å². The number of aromatic nitrogens is 5. The van der Waals surface area contributed by atoms with E-state index in [9.17, 15) is 0 Å². The molecule has 10 rings (SSSR count). The molecule has 0 saturated carbocycles. The van der Waals surface area contributed by atoms with Gasteiger partial charge in [0.25, 0.3) is 0 Å². The number of nitrogens with zero attached hydrogens (tertiary/aromatic N) is 5. The second kappa shape index (κ2) is 11.4. The van der Waals surface area contributed by atoms with Crippen molar-refractivity contribution in [2.75, 3.05) is 0 Å². The first-order valence-corrected chi connectivity index (χ1v) is 16.8. The number of pyridine rings is 1. The minimum Gasteiger partial charge on any atom is -0.309 e. The Morgan fingerprint density at radius 1 is 0.360 bits per heavy atom. The number of para-hydroxylation sites is 3. The largest absolute Gasteiger partial charge is 0.309 e. The van der Waals surface area contributed by atoms with Gasteiger partial charge in [0.1, 0.15) is 5.65 Å². The summed E-state index contributed by atoms with van der Waals surface area (Å²) in [6, 6.07) is 59.3. The summed E-state index contributed by atoms with van der Waals surface area (Å²) >= 11 is 0. The third-order valence-electron chi connectivity index (χ3n) is 9.59. The van der Waals surface area contributed by atoms with Gasteiger partial charge in [-0.05, 0) is 54.1 Å². The molecule has 0 aliphatic heterocycles. The van der Waals surface area contributed by atoms with Gasteiger partial charge in [0, 0.05) is 50.1 Å². The van der Waals surface area contributed by atoms with E-state index in [4.69, 9.17) is 15.0 Å². The maximum atomic E-state index is 5.15. The first kappa shape index (κ1) is 28.2. The number of hydrogen-bond acceptors (Lipinski definition) is 3. The molecule has 10 aromatic rings. The number of benzene rings is 6. The van der Waals surface area contributed by atoms with E-state index < -0.39 is 0 Å². The van der Waals surface area contributed by atoms with Crippen molar-refractivity contribution in [3.63, 3.8) is 0 Å². The van der Waals surface area contributed by atoms with Crippen molar-refractivity contribution < 1.29 is 0 Å². The maximum Gasteiger partial charge on any atom is 0.237 e. The molecule has 0 amide bonds. The molecular formula is C45H29N5. The van der Waals surface area contributed by atoms with Crippen molar-refractivity contribution in [1.29, 1.82) is 0 Å². The Hall–Kier alpha value is -6.85. The van der Waals surface area contributed by atoms with Crippen molar-refractivity contribution in [2.45, 2.75) is 0 Å². The molecule has 0 aliphatic carbocycles. The highest BCUT2D eigenvalue weighted by molar-refractivity contribution is 6.12. The zero-order valence-corrected chi connectivity index (χ0v) is 27.0. The Labute approximate surface area is 288 Å². The van der Waals surface area contributed by atoms with Crippen LogP contribution in [-0.2, 0) is 0 Å². The lowest BCUT2D eigenvalue weighted by Gasteiger charge is -2.11. The minimum absolute atomic E-state index is 0.590. The highest BCUT2D eigenvalue weighted by atomic mass is 15.2. The molecule has 234 valence electrons. The van der Waals surface area contributed by atoms with Crippen LogP contribution in [-0.4, -0.2) is 24.1 Å². The van der Waals surface area contributed by atoms with E-state index in [1.165, 1.54) is 21.8 Å². The van der Waals surface area contributed by atoms with Gasteiger partial charge >= 0.3 is 0 Å². The molecule has 0 bridgehead atoms. The molecule has 0 aliphatic rings. The van der Waals surface area contributed by atoms with Crippen molar-refractivity contribution in [3.8, 4) is 45.3 Å². The van der Waals surface area contributed by atoms with E-state index in [0.717, 1.165) is 61.3 Å². The number of rotatable bonds is 5. The van der Waals surface area contributed by atoms with Crippen molar-refractivity contribution >= 4 is 43.7 Å².